The summed E-state index contributed by atoms with van der Waals surface area (Å²) in [5.41, 5.74) is 0. The molecule has 19 nitrogen and oxygen atoms in total. The fourth-order valence-corrected chi connectivity index (χ4v) is 11.7. The second-order valence-corrected chi connectivity index (χ2v) is 25.3. The van der Waals surface area contributed by atoms with Gasteiger partial charge in [0, 0.05) is 6.42 Å². The number of allylic oxidation sites excluding steroid dienone is 13. The first-order valence-corrected chi connectivity index (χ1v) is 35.8. The predicted molar refractivity (Wildman–Crippen MR) is 360 cm³/mol. The monoisotopic (exact) mass is 1310 g/mol. The van der Waals surface area contributed by atoms with Gasteiger partial charge in [0.05, 0.1) is 38.6 Å². The number of carbonyl (C=O) groups is 1. The second kappa shape index (κ2) is 54.0. The molecule has 3 aliphatic rings. The molecule has 92 heavy (non-hydrogen) atoms. The first-order valence-electron chi connectivity index (χ1n) is 35.8. The van der Waals surface area contributed by atoms with Crippen LogP contribution in [-0.4, -0.2) is 193 Å². The number of hydrogen-bond donors (Lipinski definition) is 12. The van der Waals surface area contributed by atoms with Crippen LogP contribution in [0, 0.1) is 0 Å². The Morgan fingerprint density at radius 1 is 0.402 bits per heavy atom. The molecule has 0 bridgehead atoms. The molecule has 3 aliphatic heterocycles. The number of amides is 1. The van der Waals surface area contributed by atoms with E-state index in [1.807, 2.05) is 6.08 Å². The van der Waals surface area contributed by atoms with Crippen molar-refractivity contribution in [3.63, 3.8) is 0 Å². The summed E-state index contributed by atoms with van der Waals surface area (Å²) in [6.45, 7) is 1.60. The first-order chi connectivity index (χ1) is 44.8. The number of unbranched alkanes of at least 4 members (excludes halogenated alkanes) is 26. The maximum absolute atomic E-state index is 13.4. The van der Waals surface area contributed by atoms with Crippen LogP contribution < -0.4 is 5.32 Å². The number of rotatable bonds is 54. The zero-order valence-corrected chi connectivity index (χ0v) is 56.3. The van der Waals surface area contributed by atoms with E-state index in [-0.39, 0.29) is 18.9 Å². The highest BCUT2D eigenvalue weighted by Gasteiger charge is 2.53. The number of ether oxygens (including phenoxy) is 6. The van der Waals surface area contributed by atoms with Crippen molar-refractivity contribution < 1.29 is 89.4 Å². The molecule has 17 unspecified atom stereocenters. The highest BCUT2D eigenvalue weighted by Crippen LogP contribution is 2.33. The average Bonchev–Trinajstić information content (AvgIpc) is 0.830. The zero-order chi connectivity index (χ0) is 66.8. The minimum atomic E-state index is -1.98. The van der Waals surface area contributed by atoms with Crippen LogP contribution in [-0.2, 0) is 33.2 Å². The molecule has 0 spiro atoms. The summed E-state index contributed by atoms with van der Waals surface area (Å²) in [5.74, 6) is -0.278. The Balaban J connectivity index is 1.34. The second-order valence-electron chi connectivity index (χ2n) is 25.3. The number of carbonyl (C=O) groups excluding carboxylic acids is 1. The standard InChI is InChI=1S/C73H127NO18/c1-3-5-7-9-11-13-15-17-18-19-20-21-22-23-24-25-26-27-28-29-30-31-32-33-34-35-36-37-38-39-41-43-45-47-49-51-61(79)74-56(57(78)50-48-46-44-42-40-16-14-12-10-8-6-4-2)55-87-71-67(85)64(82)69(59(53-76)89-71)92-73-68(86)65(83)70(60(54-77)90-73)91-72-66(84)63(81)62(80)58(52-75)88-72/h5,7,11,13,17-18,20-21,23-24,26-27,48,50,56-60,62-73,75-78,80-86H,3-4,6,8-10,12,14-16,19,22,25,28-47,49,51-55H2,1-2H3,(H,74,79)/b7-5-,13-11-,18-17-,21-20-,24-23-,27-26-,50-48+. The molecule has 3 rings (SSSR count). The molecule has 0 aliphatic carbocycles. The normalized spacial score (nSPS) is 28.2. The minimum Gasteiger partial charge on any atom is -0.394 e. The van der Waals surface area contributed by atoms with Gasteiger partial charge in [-0.25, -0.2) is 0 Å². The molecule has 0 aromatic carbocycles. The molecule has 3 fully saturated rings. The van der Waals surface area contributed by atoms with Crippen molar-refractivity contribution in [2.75, 3.05) is 26.4 Å². The van der Waals surface area contributed by atoms with Crippen LogP contribution in [0.15, 0.2) is 85.1 Å². The topological polar surface area (TPSA) is 307 Å². The highest BCUT2D eigenvalue weighted by atomic mass is 16.8. The molecular weight excluding hydrogens is 1180 g/mol. The van der Waals surface area contributed by atoms with Crippen LogP contribution in [0.25, 0.3) is 0 Å². The number of nitrogens with one attached hydrogen (secondary N) is 1. The Labute approximate surface area is 552 Å². The fourth-order valence-electron chi connectivity index (χ4n) is 11.7. The van der Waals surface area contributed by atoms with Gasteiger partial charge >= 0.3 is 0 Å². The van der Waals surface area contributed by atoms with Crippen LogP contribution >= 0.6 is 0 Å². The van der Waals surface area contributed by atoms with E-state index in [4.69, 9.17) is 28.4 Å². The Morgan fingerprint density at radius 3 is 1.17 bits per heavy atom. The quantitative estimate of drug-likeness (QED) is 0.0199. The van der Waals surface area contributed by atoms with E-state index in [1.54, 1.807) is 6.08 Å². The summed E-state index contributed by atoms with van der Waals surface area (Å²) in [4.78, 5) is 13.4. The van der Waals surface area contributed by atoms with Crippen LogP contribution in [0.5, 0.6) is 0 Å². The van der Waals surface area contributed by atoms with Crippen LogP contribution in [0.4, 0.5) is 0 Å². The summed E-state index contributed by atoms with van der Waals surface area (Å²) in [5, 5.41) is 120. The Kier molecular flexibility index (Phi) is 48.9. The molecule has 532 valence electrons. The molecule has 3 saturated heterocycles. The molecular formula is C73H127NO18. The molecule has 1 amide bonds. The van der Waals surface area contributed by atoms with Gasteiger partial charge in [0.15, 0.2) is 18.9 Å². The van der Waals surface area contributed by atoms with Crippen molar-refractivity contribution in [3.8, 4) is 0 Å². The van der Waals surface area contributed by atoms with Crippen molar-refractivity contribution in [1.29, 1.82) is 0 Å². The van der Waals surface area contributed by atoms with Gasteiger partial charge in [-0.2, -0.15) is 0 Å². The fraction of sp³-hybridized carbons (Fsp3) is 0.795. The molecule has 0 aromatic rings. The number of aliphatic hydroxyl groups excluding tert-OH is 11. The van der Waals surface area contributed by atoms with Gasteiger partial charge < -0.3 is 89.9 Å². The first kappa shape index (κ1) is 83.2. The molecule has 19 heteroatoms. The summed E-state index contributed by atoms with van der Waals surface area (Å²) < 4.78 is 34.3. The lowest BCUT2D eigenvalue weighted by molar-refractivity contribution is -0.379. The number of hydrogen-bond acceptors (Lipinski definition) is 18. The van der Waals surface area contributed by atoms with E-state index in [1.165, 1.54) is 128 Å². The lowest BCUT2D eigenvalue weighted by atomic mass is 9.96. The highest BCUT2D eigenvalue weighted by molar-refractivity contribution is 5.76. The van der Waals surface area contributed by atoms with E-state index in [9.17, 15) is 61.0 Å². The van der Waals surface area contributed by atoms with Crippen LogP contribution in [0.1, 0.15) is 239 Å². The van der Waals surface area contributed by atoms with Gasteiger partial charge in [0.25, 0.3) is 0 Å². The van der Waals surface area contributed by atoms with Gasteiger partial charge in [0.2, 0.25) is 5.91 Å². The minimum absolute atomic E-state index is 0.240. The Bertz CT molecular complexity index is 2000. The number of aliphatic hydroxyl groups is 11. The van der Waals surface area contributed by atoms with Crippen molar-refractivity contribution >= 4 is 5.91 Å². The Hall–Kier alpha value is -3.03. The summed E-state index contributed by atoms with van der Waals surface area (Å²) in [7, 11) is 0. The van der Waals surface area contributed by atoms with Gasteiger partial charge in [-0.05, 0) is 70.6 Å². The average molecular weight is 1310 g/mol. The SMILES string of the molecule is CC/C=C\C/C=C\C/C=C\C/C=C\C/C=C\C/C=C\CCCCCCCCCCCCCCCCCCC(=O)NC(COC1OC(CO)C(OC2OC(CO)C(OC3OC(CO)C(O)C(O)C3O)C(O)C2O)C(O)C1O)C(O)/C=C/CCCCCCCCCCCC. The third-order valence-electron chi connectivity index (χ3n) is 17.4. The van der Waals surface area contributed by atoms with E-state index < -0.39 is 124 Å². The molecule has 0 aromatic heterocycles. The van der Waals surface area contributed by atoms with Gasteiger partial charge in [-0.1, -0.05) is 247 Å². The molecule has 0 saturated carbocycles. The van der Waals surface area contributed by atoms with E-state index in [2.05, 4.69) is 92.1 Å². The van der Waals surface area contributed by atoms with E-state index in [0.717, 1.165) is 83.5 Å². The molecule has 12 N–H and O–H groups in total. The summed E-state index contributed by atoms with van der Waals surface area (Å²) >= 11 is 0. The Morgan fingerprint density at radius 2 is 0.750 bits per heavy atom. The lowest BCUT2D eigenvalue weighted by Crippen LogP contribution is -2.66. The predicted octanol–water partition coefficient (Wildman–Crippen LogP) is 9.88. The van der Waals surface area contributed by atoms with Gasteiger partial charge in [-0.3, -0.25) is 4.79 Å². The van der Waals surface area contributed by atoms with Gasteiger partial charge in [-0.15, -0.1) is 0 Å². The van der Waals surface area contributed by atoms with Crippen molar-refractivity contribution in [2.45, 2.75) is 343 Å². The maximum Gasteiger partial charge on any atom is 0.220 e. The van der Waals surface area contributed by atoms with Crippen molar-refractivity contribution in [3.05, 3.63) is 85.1 Å². The lowest BCUT2D eigenvalue weighted by Gasteiger charge is -2.48. The largest absolute Gasteiger partial charge is 0.394 e. The summed E-state index contributed by atoms with van der Waals surface area (Å²) in [6, 6.07) is -0.975. The maximum atomic E-state index is 13.4. The van der Waals surface area contributed by atoms with E-state index in [0.29, 0.717) is 6.42 Å². The van der Waals surface area contributed by atoms with Gasteiger partial charge in [0.1, 0.15) is 73.2 Å². The van der Waals surface area contributed by atoms with Crippen LogP contribution in [0.3, 0.4) is 0 Å². The molecule has 17 atom stereocenters. The van der Waals surface area contributed by atoms with Crippen molar-refractivity contribution in [2.24, 2.45) is 0 Å². The smallest absolute Gasteiger partial charge is 0.220 e. The van der Waals surface area contributed by atoms with E-state index >= 15 is 0 Å². The molecule has 0 radical (unpaired) electrons. The molecule has 3 heterocycles. The van der Waals surface area contributed by atoms with Crippen molar-refractivity contribution in [1.82, 2.24) is 5.32 Å². The summed E-state index contributed by atoms with van der Waals surface area (Å²) in [6.07, 6.45) is 42.9. The third-order valence-corrected chi connectivity index (χ3v) is 17.4. The zero-order valence-electron chi connectivity index (χ0n) is 56.3. The van der Waals surface area contributed by atoms with Crippen LogP contribution in [0.2, 0.25) is 0 Å². The third kappa shape index (κ3) is 35.3.